The first-order chi connectivity index (χ1) is 10.2. The second kappa shape index (κ2) is 7.22. The summed E-state index contributed by atoms with van der Waals surface area (Å²) in [4.78, 5) is 23.8. The number of ether oxygens (including phenoxy) is 1. The van der Waals surface area contributed by atoms with Crippen LogP contribution in [0.5, 0.6) is 0 Å². The molecule has 0 aliphatic carbocycles. The SMILES string of the molecule is COC(=O)c1ccc(=O)n(CCc2ccccc2)c1CBr. The van der Waals surface area contributed by atoms with Gasteiger partial charge in [-0.1, -0.05) is 46.3 Å². The molecule has 110 valence electrons. The molecule has 2 aromatic rings. The van der Waals surface area contributed by atoms with Crippen LogP contribution in [-0.4, -0.2) is 17.6 Å². The molecule has 0 amide bonds. The van der Waals surface area contributed by atoms with Crippen molar-refractivity contribution in [3.63, 3.8) is 0 Å². The molecule has 0 aliphatic heterocycles. The van der Waals surface area contributed by atoms with E-state index in [4.69, 9.17) is 4.74 Å². The number of pyridine rings is 1. The first kappa shape index (κ1) is 15.5. The maximum Gasteiger partial charge on any atom is 0.339 e. The van der Waals surface area contributed by atoms with E-state index in [-0.39, 0.29) is 5.56 Å². The predicted molar refractivity (Wildman–Crippen MR) is 84.8 cm³/mol. The molecule has 21 heavy (non-hydrogen) atoms. The van der Waals surface area contributed by atoms with Crippen LogP contribution >= 0.6 is 15.9 Å². The van der Waals surface area contributed by atoms with Crippen molar-refractivity contribution in [2.24, 2.45) is 0 Å². The van der Waals surface area contributed by atoms with Crippen LogP contribution in [0.4, 0.5) is 0 Å². The molecule has 0 N–H and O–H groups in total. The van der Waals surface area contributed by atoms with Crippen molar-refractivity contribution in [1.29, 1.82) is 0 Å². The molecule has 4 nitrogen and oxygen atoms in total. The number of benzene rings is 1. The number of aryl methyl sites for hydroxylation is 1. The molecule has 1 heterocycles. The lowest BCUT2D eigenvalue weighted by molar-refractivity contribution is 0.0598. The molecule has 0 unspecified atom stereocenters. The molecule has 0 aliphatic rings. The largest absolute Gasteiger partial charge is 0.465 e. The fourth-order valence-corrected chi connectivity index (χ4v) is 2.79. The third kappa shape index (κ3) is 3.61. The molecule has 1 aromatic carbocycles. The van der Waals surface area contributed by atoms with Gasteiger partial charge in [0.25, 0.3) is 5.56 Å². The molecule has 0 fully saturated rings. The van der Waals surface area contributed by atoms with Crippen molar-refractivity contribution >= 4 is 21.9 Å². The van der Waals surface area contributed by atoms with Gasteiger partial charge in [-0.3, -0.25) is 4.79 Å². The smallest absolute Gasteiger partial charge is 0.339 e. The van der Waals surface area contributed by atoms with Gasteiger partial charge < -0.3 is 9.30 Å². The molecule has 0 saturated carbocycles. The Morgan fingerprint density at radius 1 is 1.19 bits per heavy atom. The first-order valence-corrected chi connectivity index (χ1v) is 7.70. The maximum atomic E-state index is 12.1. The highest BCUT2D eigenvalue weighted by atomic mass is 79.9. The highest BCUT2D eigenvalue weighted by Gasteiger charge is 2.15. The van der Waals surface area contributed by atoms with Crippen LogP contribution < -0.4 is 5.56 Å². The van der Waals surface area contributed by atoms with Gasteiger partial charge in [0.1, 0.15) is 0 Å². The fourth-order valence-electron chi connectivity index (χ4n) is 2.19. The highest BCUT2D eigenvalue weighted by Crippen LogP contribution is 2.13. The van der Waals surface area contributed by atoms with E-state index >= 15 is 0 Å². The Hall–Kier alpha value is -1.88. The number of alkyl halides is 1. The number of nitrogens with zero attached hydrogens (tertiary/aromatic N) is 1. The third-order valence-electron chi connectivity index (χ3n) is 3.29. The molecule has 0 spiro atoms. The lowest BCUT2D eigenvalue weighted by Crippen LogP contribution is -2.26. The van der Waals surface area contributed by atoms with Crippen LogP contribution in [0.15, 0.2) is 47.3 Å². The summed E-state index contributed by atoms with van der Waals surface area (Å²) in [5, 5.41) is 0.419. The van der Waals surface area contributed by atoms with Crippen molar-refractivity contribution in [2.75, 3.05) is 7.11 Å². The number of aromatic nitrogens is 1. The summed E-state index contributed by atoms with van der Waals surface area (Å²) >= 11 is 3.35. The average molecular weight is 350 g/mol. The lowest BCUT2D eigenvalue weighted by atomic mass is 10.1. The van der Waals surface area contributed by atoms with Gasteiger partial charge >= 0.3 is 5.97 Å². The second-order valence-corrected chi connectivity index (χ2v) is 5.11. The van der Waals surface area contributed by atoms with Crippen LogP contribution in [0.2, 0.25) is 0 Å². The topological polar surface area (TPSA) is 48.3 Å². The van der Waals surface area contributed by atoms with Gasteiger partial charge in [0.05, 0.1) is 12.7 Å². The Labute approximate surface area is 131 Å². The summed E-state index contributed by atoms with van der Waals surface area (Å²) in [5.41, 5.74) is 2.09. The molecular weight excluding hydrogens is 334 g/mol. The molecule has 5 heteroatoms. The van der Waals surface area contributed by atoms with Gasteiger partial charge in [0, 0.05) is 23.6 Å². The Morgan fingerprint density at radius 2 is 1.90 bits per heavy atom. The number of carbonyl (C=O) groups is 1. The Kier molecular flexibility index (Phi) is 5.33. The standard InChI is InChI=1S/C16H16BrNO3/c1-21-16(20)13-7-8-15(19)18(14(13)11-17)10-9-12-5-3-2-4-6-12/h2-8H,9-11H2,1H3. The summed E-state index contributed by atoms with van der Waals surface area (Å²) in [5.74, 6) is -0.432. The first-order valence-electron chi connectivity index (χ1n) is 6.58. The van der Waals surface area contributed by atoms with Crippen LogP contribution in [0.25, 0.3) is 0 Å². The minimum absolute atomic E-state index is 0.118. The number of methoxy groups -OCH3 is 1. The summed E-state index contributed by atoms with van der Waals surface area (Å²) in [6, 6.07) is 12.8. The summed E-state index contributed by atoms with van der Waals surface area (Å²) < 4.78 is 6.38. The Bertz CT molecular complexity index is 680. The quantitative estimate of drug-likeness (QED) is 0.616. The molecule has 2 rings (SSSR count). The second-order valence-electron chi connectivity index (χ2n) is 4.54. The number of esters is 1. The number of hydrogen-bond donors (Lipinski definition) is 0. The average Bonchev–Trinajstić information content (AvgIpc) is 2.53. The molecule has 0 atom stereocenters. The van der Waals surface area contributed by atoms with E-state index in [0.29, 0.717) is 23.1 Å². The van der Waals surface area contributed by atoms with Crippen molar-refractivity contribution in [3.05, 3.63) is 69.6 Å². The summed E-state index contributed by atoms with van der Waals surface area (Å²) in [6.07, 6.45) is 0.728. The number of carbonyl (C=O) groups excluding carboxylic acids is 1. The zero-order valence-corrected chi connectivity index (χ0v) is 13.3. The van der Waals surface area contributed by atoms with Crippen LogP contribution in [-0.2, 0) is 23.0 Å². The molecular formula is C16H16BrNO3. The Balaban J connectivity index is 2.33. The van der Waals surface area contributed by atoms with Gasteiger partial charge in [0.2, 0.25) is 0 Å². The van der Waals surface area contributed by atoms with Crippen molar-refractivity contribution in [1.82, 2.24) is 4.57 Å². The lowest BCUT2D eigenvalue weighted by Gasteiger charge is -2.14. The minimum atomic E-state index is -0.432. The number of hydrogen-bond acceptors (Lipinski definition) is 3. The maximum absolute atomic E-state index is 12.1. The summed E-state index contributed by atoms with van der Waals surface area (Å²) in [7, 11) is 1.33. The van der Waals surface area contributed by atoms with E-state index in [1.807, 2.05) is 30.3 Å². The number of rotatable bonds is 5. The number of halogens is 1. The van der Waals surface area contributed by atoms with E-state index in [2.05, 4.69) is 15.9 Å². The van der Waals surface area contributed by atoms with E-state index in [0.717, 1.165) is 12.0 Å². The zero-order chi connectivity index (χ0) is 15.2. The minimum Gasteiger partial charge on any atom is -0.465 e. The molecule has 0 bridgehead atoms. The van der Waals surface area contributed by atoms with Crippen molar-refractivity contribution < 1.29 is 9.53 Å². The van der Waals surface area contributed by atoms with E-state index in [1.165, 1.54) is 19.2 Å². The van der Waals surface area contributed by atoms with Gasteiger partial charge in [-0.15, -0.1) is 0 Å². The summed E-state index contributed by atoms with van der Waals surface area (Å²) in [6.45, 7) is 0.522. The normalized spacial score (nSPS) is 10.4. The van der Waals surface area contributed by atoms with Crippen LogP contribution in [0.1, 0.15) is 21.6 Å². The van der Waals surface area contributed by atoms with Crippen molar-refractivity contribution in [2.45, 2.75) is 18.3 Å². The monoisotopic (exact) mass is 349 g/mol. The van der Waals surface area contributed by atoms with E-state index in [1.54, 1.807) is 4.57 Å². The van der Waals surface area contributed by atoms with Gasteiger partial charge in [-0.2, -0.15) is 0 Å². The molecule has 0 radical (unpaired) electrons. The van der Waals surface area contributed by atoms with E-state index < -0.39 is 5.97 Å². The van der Waals surface area contributed by atoms with E-state index in [9.17, 15) is 9.59 Å². The fraction of sp³-hybridized carbons (Fsp3) is 0.250. The van der Waals surface area contributed by atoms with Crippen LogP contribution in [0.3, 0.4) is 0 Å². The Morgan fingerprint density at radius 3 is 2.52 bits per heavy atom. The van der Waals surface area contributed by atoms with Gasteiger partial charge in [-0.25, -0.2) is 4.79 Å². The highest BCUT2D eigenvalue weighted by molar-refractivity contribution is 9.08. The predicted octanol–water partition coefficient (Wildman–Crippen LogP) is 2.77. The van der Waals surface area contributed by atoms with Crippen LogP contribution in [0, 0.1) is 0 Å². The van der Waals surface area contributed by atoms with Gasteiger partial charge in [-0.05, 0) is 18.1 Å². The van der Waals surface area contributed by atoms with Crippen molar-refractivity contribution in [3.8, 4) is 0 Å². The molecule has 1 aromatic heterocycles. The zero-order valence-electron chi connectivity index (χ0n) is 11.7. The molecule has 0 saturated heterocycles. The third-order valence-corrected chi connectivity index (χ3v) is 3.83. The van der Waals surface area contributed by atoms with Gasteiger partial charge in [0.15, 0.2) is 0 Å².